The number of carboxylic acids is 1. The minimum absolute atomic E-state index is 0.00142. The maximum Gasteiger partial charge on any atom is 0.335 e. The zero-order valence-corrected chi connectivity index (χ0v) is 16.3. The number of carboxylic acid groups (broad SMARTS) is 1. The van der Waals surface area contributed by atoms with E-state index >= 15 is 0 Å². The number of aromatic carboxylic acids is 1. The fraction of sp³-hybridized carbons (Fsp3) is 0.389. The molecule has 1 atom stereocenters. The van der Waals surface area contributed by atoms with Gasteiger partial charge in [0.1, 0.15) is 5.82 Å². The zero-order chi connectivity index (χ0) is 19.8. The van der Waals surface area contributed by atoms with Crippen LogP contribution in [0.4, 0.5) is 0 Å². The number of hydrogen-bond donors (Lipinski definition) is 1. The van der Waals surface area contributed by atoms with Crippen molar-refractivity contribution in [3.8, 4) is 11.3 Å². The Morgan fingerprint density at radius 1 is 1.22 bits per heavy atom. The van der Waals surface area contributed by atoms with Gasteiger partial charge in [-0.05, 0) is 31.5 Å². The van der Waals surface area contributed by atoms with Crippen LogP contribution in [0, 0.1) is 6.92 Å². The summed E-state index contributed by atoms with van der Waals surface area (Å²) in [6.45, 7) is 2.63. The number of nitrogens with zero attached hydrogens (tertiary/aromatic N) is 4. The second-order valence-electron chi connectivity index (χ2n) is 6.74. The van der Waals surface area contributed by atoms with Gasteiger partial charge in [-0.1, -0.05) is 12.1 Å². The molecule has 1 aliphatic rings. The van der Waals surface area contributed by atoms with Crippen LogP contribution in [0.1, 0.15) is 34.2 Å². The van der Waals surface area contributed by atoms with Gasteiger partial charge >= 0.3 is 5.97 Å². The van der Waals surface area contributed by atoms with Crippen LogP contribution < -0.4 is 0 Å². The van der Waals surface area contributed by atoms with Gasteiger partial charge in [0.25, 0.3) is 10.2 Å². The van der Waals surface area contributed by atoms with Gasteiger partial charge in [0.15, 0.2) is 0 Å². The average Bonchev–Trinajstić information content (AvgIpc) is 3.12. The quantitative estimate of drug-likeness (QED) is 0.834. The first-order valence-corrected chi connectivity index (χ1v) is 9.95. The Bertz CT molecular complexity index is 958. The van der Waals surface area contributed by atoms with Crippen molar-refractivity contribution in [3.05, 3.63) is 47.4 Å². The number of aryl methyl sites for hydroxylation is 1. The molecule has 144 valence electrons. The third-order valence-electron chi connectivity index (χ3n) is 4.64. The molecule has 0 bridgehead atoms. The van der Waals surface area contributed by atoms with Gasteiger partial charge in [-0.2, -0.15) is 17.0 Å². The Kier molecular flexibility index (Phi) is 5.27. The SMILES string of the molecule is Cc1nc(-c2ccc(C(=O)O)cc2)cc(C2CCN(S(=O)(=O)N(C)C)C2)n1. The van der Waals surface area contributed by atoms with Crippen molar-refractivity contribution in [2.45, 2.75) is 19.3 Å². The molecule has 3 rings (SSSR count). The number of aromatic nitrogens is 2. The highest BCUT2D eigenvalue weighted by Crippen LogP contribution is 2.30. The summed E-state index contributed by atoms with van der Waals surface area (Å²) in [4.78, 5) is 20.0. The number of rotatable bonds is 5. The molecule has 0 spiro atoms. The zero-order valence-electron chi connectivity index (χ0n) is 15.5. The molecule has 1 aromatic heterocycles. The summed E-state index contributed by atoms with van der Waals surface area (Å²) >= 11 is 0. The fourth-order valence-electron chi connectivity index (χ4n) is 3.14. The second kappa shape index (κ2) is 7.34. The highest BCUT2D eigenvalue weighted by Gasteiger charge is 2.34. The summed E-state index contributed by atoms with van der Waals surface area (Å²) < 4.78 is 27.3. The highest BCUT2D eigenvalue weighted by molar-refractivity contribution is 7.86. The summed E-state index contributed by atoms with van der Waals surface area (Å²) in [5, 5.41) is 9.02. The predicted molar refractivity (Wildman–Crippen MR) is 101 cm³/mol. The minimum atomic E-state index is -3.44. The smallest absolute Gasteiger partial charge is 0.335 e. The summed E-state index contributed by atoms with van der Waals surface area (Å²) in [6.07, 6.45) is 0.695. The Balaban J connectivity index is 1.87. The van der Waals surface area contributed by atoms with E-state index < -0.39 is 16.2 Å². The van der Waals surface area contributed by atoms with Crippen LogP contribution in [0.5, 0.6) is 0 Å². The molecule has 1 fully saturated rings. The topological polar surface area (TPSA) is 104 Å². The molecule has 9 heteroatoms. The van der Waals surface area contributed by atoms with Crippen molar-refractivity contribution in [2.24, 2.45) is 0 Å². The fourth-order valence-corrected chi connectivity index (χ4v) is 4.31. The summed E-state index contributed by atoms with van der Waals surface area (Å²) in [5.74, 6) is -0.383. The van der Waals surface area contributed by atoms with Crippen molar-refractivity contribution in [1.29, 1.82) is 0 Å². The average molecular weight is 390 g/mol. The molecular weight excluding hydrogens is 368 g/mol. The van der Waals surface area contributed by atoms with E-state index in [-0.39, 0.29) is 11.5 Å². The second-order valence-corrected chi connectivity index (χ2v) is 8.88. The molecule has 0 amide bonds. The molecule has 1 N–H and O–H groups in total. The molecule has 0 aliphatic carbocycles. The third kappa shape index (κ3) is 4.00. The third-order valence-corrected chi connectivity index (χ3v) is 6.55. The van der Waals surface area contributed by atoms with Crippen LogP contribution in [-0.4, -0.2) is 65.3 Å². The highest BCUT2D eigenvalue weighted by atomic mass is 32.2. The first kappa shape index (κ1) is 19.4. The molecule has 1 saturated heterocycles. The number of hydrogen-bond acceptors (Lipinski definition) is 5. The first-order chi connectivity index (χ1) is 12.7. The largest absolute Gasteiger partial charge is 0.478 e. The summed E-state index contributed by atoms with van der Waals surface area (Å²) in [6, 6.07) is 8.36. The van der Waals surface area contributed by atoms with Crippen molar-refractivity contribution in [2.75, 3.05) is 27.2 Å². The van der Waals surface area contributed by atoms with Crippen LogP contribution in [0.3, 0.4) is 0 Å². The molecule has 8 nitrogen and oxygen atoms in total. The molecular formula is C18H22N4O4S. The van der Waals surface area contributed by atoms with Crippen molar-refractivity contribution < 1.29 is 18.3 Å². The van der Waals surface area contributed by atoms with Crippen molar-refractivity contribution in [1.82, 2.24) is 18.6 Å². The molecule has 0 radical (unpaired) electrons. The Morgan fingerprint density at radius 3 is 2.48 bits per heavy atom. The van der Waals surface area contributed by atoms with Gasteiger partial charge in [-0.25, -0.2) is 14.8 Å². The van der Waals surface area contributed by atoms with Gasteiger partial charge in [0, 0.05) is 44.4 Å². The van der Waals surface area contributed by atoms with E-state index in [1.807, 2.05) is 6.07 Å². The van der Waals surface area contributed by atoms with Gasteiger partial charge < -0.3 is 5.11 Å². The van der Waals surface area contributed by atoms with E-state index in [1.165, 1.54) is 34.8 Å². The number of carbonyl (C=O) groups is 1. The minimum Gasteiger partial charge on any atom is -0.478 e. The van der Waals surface area contributed by atoms with E-state index in [4.69, 9.17) is 5.11 Å². The standard InChI is InChI=1S/C18H22N4O4S/c1-12-19-16(13-4-6-14(7-5-13)18(23)24)10-17(20-12)15-8-9-22(11-15)27(25,26)21(2)3/h4-7,10,15H,8-9,11H2,1-3H3,(H,23,24). The first-order valence-electron chi connectivity index (χ1n) is 8.55. The molecule has 2 aromatic rings. The van der Waals surface area contributed by atoms with Gasteiger partial charge in [0.05, 0.1) is 11.3 Å². The molecule has 1 aromatic carbocycles. The van der Waals surface area contributed by atoms with E-state index in [0.29, 0.717) is 31.0 Å². The van der Waals surface area contributed by atoms with Crippen molar-refractivity contribution in [3.63, 3.8) is 0 Å². The van der Waals surface area contributed by atoms with E-state index in [2.05, 4.69) is 9.97 Å². The molecule has 27 heavy (non-hydrogen) atoms. The Morgan fingerprint density at radius 2 is 1.89 bits per heavy atom. The maximum atomic E-state index is 12.3. The lowest BCUT2D eigenvalue weighted by molar-refractivity contribution is 0.0697. The van der Waals surface area contributed by atoms with Crippen LogP contribution in [0.2, 0.25) is 0 Å². The van der Waals surface area contributed by atoms with Crippen molar-refractivity contribution >= 4 is 16.2 Å². The van der Waals surface area contributed by atoms with Crippen LogP contribution >= 0.6 is 0 Å². The summed E-state index contributed by atoms with van der Waals surface area (Å²) in [7, 11) is -0.387. The van der Waals surface area contributed by atoms with E-state index in [9.17, 15) is 13.2 Å². The van der Waals surface area contributed by atoms with E-state index in [1.54, 1.807) is 19.1 Å². The predicted octanol–water partition coefficient (Wildman–Crippen LogP) is 1.75. The lowest BCUT2D eigenvalue weighted by Crippen LogP contribution is -2.38. The maximum absolute atomic E-state index is 12.3. The van der Waals surface area contributed by atoms with Crippen LogP contribution in [0.25, 0.3) is 11.3 Å². The lowest BCUT2D eigenvalue weighted by Gasteiger charge is -2.20. The number of benzene rings is 1. The Labute approximate surface area is 158 Å². The normalized spacial score (nSPS) is 18.1. The van der Waals surface area contributed by atoms with Crippen LogP contribution in [-0.2, 0) is 10.2 Å². The summed E-state index contributed by atoms with van der Waals surface area (Å²) in [5.41, 5.74) is 2.51. The molecule has 1 aliphatic heterocycles. The van der Waals surface area contributed by atoms with Crippen LogP contribution in [0.15, 0.2) is 30.3 Å². The lowest BCUT2D eigenvalue weighted by atomic mass is 10.0. The monoisotopic (exact) mass is 390 g/mol. The van der Waals surface area contributed by atoms with Gasteiger partial charge in [0.2, 0.25) is 0 Å². The molecule has 0 saturated carbocycles. The van der Waals surface area contributed by atoms with E-state index in [0.717, 1.165) is 11.3 Å². The van der Waals surface area contributed by atoms with Gasteiger partial charge in [-0.3, -0.25) is 0 Å². The molecule has 2 heterocycles. The molecule has 1 unspecified atom stereocenters. The Hall–Kier alpha value is -2.36. The van der Waals surface area contributed by atoms with Gasteiger partial charge in [-0.15, -0.1) is 0 Å².